The van der Waals surface area contributed by atoms with E-state index in [4.69, 9.17) is 4.74 Å². The fourth-order valence-electron chi connectivity index (χ4n) is 3.90. The van der Waals surface area contributed by atoms with E-state index in [0.717, 1.165) is 31.3 Å². The number of rotatable bonds is 8. The van der Waals surface area contributed by atoms with Gasteiger partial charge in [0.25, 0.3) is 0 Å². The maximum atomic E-state index is 11.6. The zero-order valence-corrected chi connectivity index (χ0v) is 12.0. The van der Waals surface area contributed by atoms with Crippen LogP contribution in [0.1, 0.15) is 65.2 Å². The van der Waals surface area contributed by atoms with Gasteiger partial charge in [0.05, 0.1) is 6.10 Å². The number of carbonyl (C=O) groups excluding carboxylic acids is 1. The van der Waals surface area contributed by atoms with Gasteiger partial charge in [0.15, 0.2) is 0 Å². The number of unbranched alkanes of at least 4 members (excludes halogenated alkanes) is 1. The van der Waals surface area contributed by atoms with E-state index in [2.05, 4.69) is 13.8 Å². The summed E-state index contributed by atoms with van der Waals surface area (Å²) >= 11 is 0. The lowest BCUT2D eigenvalue weighted by molar-refractivity contribution is -0.134. The molecule has 4 atom stereocenters. The molecule has 2 aliphatic carbocycles. The molecule has 0 spiro atoms. The highest BCUT2D eigenvalue weighted by Crippen LogP contribution is 2.49. The Morgan fingerprint density at radius 2 is 2.11 bits per heavy atom. The Kier molecular flexibility index (Phi) is 5.23. The number of Topliss-reactive ketones (excluding diaryl/α,β-unsaturated/α-hetero) is 1. The van der Waals surface area contributed by atoms with E-state index in [1.54, 1.807) is 0 Å². The summed E-state index contributed by atoms with van der Waals surface area (Å²) in [4.78, 5) is 11.6. The third kappa shape index (κ3) is 3.14. The van der Waals surface area contributed by atoms with E-state index in [9.17, 15) is 4.79 Å². The van der Waals surface area contributed by atoms with Crippen molar-refractivity contribution >= 4 is 5.78 Å². The molecule has 0 radical (unpaired) electrons. The topological polar surface area (TPSA) is 26.3 Å². The van der Waals surface area contributed by atoms with Gasteiger partial charge in [0.2, 0.25) is 0 Å². The molecule has 2 saturated carbocycles. The number of fused-ring (bicyclic) bond motifs is 1. The third-order valence-electron chi connectivity index (χ3n) is 4.97. The molecule has 18 heavy (non-hydrogen) atoms. The van der Waals surface area contributed by atoms with Crippen LogP contribution in [0.25, 0.3) is 0 Å². The van der Waals surface area contributed by atoms with Crippen LogP contribution >= 0.6 is 0 Å². The van der Waals surface area contributed by atoms with Crippen LogP contribution in [-0.4, -0.2) is 18.5 Å². The lowest BCUT2D eigenvalue weighted by atomic mass is 9.70. The zero-order chi connectivity index (χ0) is 13.0. The molecule has 0 aliphatic heterocycles. The number of ketones is 1. The van der Waals surface area contributed by atoms with Gasteiger partial charge in [-0.05, 0) is 50.9 Å². The summed E-state index contributed by atoms with van der Waals surface area (Å²) in [6, 6.07) is 0. The average Bonchev–Trinajstić information content (AvgIpc) is 2.69. The van der Waals surface area contributed by atoms with Gasteiger partial charge in [0.1, 0.15) is 5.78 Å². The molecule has 4 unspecified atom stereocenters. The van der Waals surface area contributed by atoms with E-state index >= 15 is 0 Å². The largest absolute Gasteiger partial charge is 0.379 e. The first-order chi connectivity index (χ1) is 8.76. The summed E-state index contributed by atoms with van der Waals surface area (Å²) in [5, 5.41) is 0. The fraction of sp³-hybridized carbons (Fsp3) is 0.938. The maximum absolute atomic E-state index is 11.6. The zero-order valence-electron chi connectivity index (χ0n) is 12.0. The van der Waals surface area contributed by atoms with E-state index in [1.807, 2.05) is 0 Å². The van der Waals surface area contributed by atoms with Crippen LogP contribution in [0.4, 0.5) is 0 Å². The van der Waals surface area contributed by atoms with Gasteiger partial charge in [-0.3, -0.25) is 4.79 Å². The molecule has 0 aromatic heterocycles. The van der Waals surface area contributed by atoms with Gasteiger partial charge in [-0.15, -0.1) is 0 Å². The number of carbonyl (C=O) groups is 1. The van der Waals surface area contributed by atoms with Crippen molar-refractivity contribution in [3.05, 3.63) is 0 Å². The Bertz CT molecular complexity index is 274. The Morgan fingerprint density at radius 1 is 1.28 bits per heavy atom. The van der Waals surface area contributed by atoms with Crippen molar-refractivity contribution in [2.45, 2.75) is 71.3 Å². The van der Waals surface area contributed by atoms with E-state index in [0.29, 0.717) is 17.8 Å². The van der Waals surface area contributed by atoms with Crippen LogP contribution < -0.4 is 0 Å². The SMILES string of the molecule is CCOC(CC)CCCCC1CCC2CC(=O)C12. The molecular weight excluding hydrogens is 224 g/mol. The van der Waals surface area contributed by atoms with Gasteiger partial charge in [-0.2, -0.15) is 0 Å². The van der Waals surface area contributed by atoms with Crippen LogP contribution in [0.5, 0.6) is 0 Å². The number of hydrogen-bond acceptors (Lipinski definition) is 2. The molecule has 2 heteroatoms. The smallest absolute Gasteiger partial charge is 0.136 e. The lowest BCUT2D eigenvalue weighted by Gasteiger charge is -2.32. The Labute approximate surface area is 111 Å². The summed E-state index contributed by atoms with van der Waals surface area (Å²) in [6.45, 7) is 5.11. The molecule has 0 aromatic carbocycles. The van der Waals surface area contributed by atoms with E-state index in [1.165, 1.54) is 38.5 Å². The van der Waals surface area contributed by atoms with Gasteiger partial charge >= 0.3 is 0 Å². The monoisotopic (exact) mass is 252 g/mol. The Hall–Kier alpha value is -0.370. The second-order valence-corrected chi connectivity index (χ2v) is 6.06. The standard InChI is InChI=1S/C16H28O2/c1-3-14(18-4-2)8-6-5-7-12-9-10-13-11-15(17)16(12)13/h12-14,16H,3-11H2,1-2H3. The summed E-state index contributed by atoms with van der Waals surface area (Å²) < 4.78 is 5.68. The van der Waals surface area contributed by atoms with Crippen LogP contribution in [0.2, 0.25) is 0 Å². The summed E-state index contributed by atoms with van der Waals surface area (Å²) in [5.74, 6) is 2.53. The van der Waals surface area contributed by atoms with Crippen LogP contribution in [-0.2, 0) is 9.53 Å². The summed E-state index contributed by atoms with van der Waals surface area (Å²) in [7, 11) is 0. The summed E-state index contributed by atoms with van der Waals surface area (Å²) in [5.41, 5.74) is 0. The van der Waals surface area contributed by atoms with Crippen LogP contribution in [0.15, 0.2) is 0 Å². The number of ether oxygens (including phenoxy) is 1. The van der Waals surface area contributed by atoms with Crippen molar-refractivity contribution in [1.29, 1.82) is 0 Å². The van der Waals surface area contributed by atoms with Gasteiger partial charge in [-0.1, -0.05) is 19.8 Å². The van der Waals surface area contributed by atoms with Crippen molar-refractivity contribution < 1.29 is 9.53 Å². The van der Waals surface area contributed by atoms with Crippen LogP contribution in [0, 0.1) is 17.8 Å². The molecule has 0 saturated heterocycles. The fourth-order valence-corrected chi connectivity index (χ4v) is 3.90. The molecular formula is C16H28O2. The molecule has 2 rings (SSSR count). The minimum absolute atomic E-state index is 0.455. The van der Waals surface area contributed by atoms with E-state index < -0.39 is 0 Å². The van der Waals surface area contributed by atoms with Crippen molar-refractivity contribution in [3.63, 3.8) is 0 Å². The minimum atomic E-state index is 0.455. The first kappa shape index (κ1) is 14.0. The molecule has 0 bridgehead atoms. The van der Waals surface area contributed by atoms with Gasteiger partial charge in [-0.25, -0.2) is 0 Å². The first-order valence-electron chi connectivity index (χ1n) is 7.90. The van der Waals surface area contributed by atoms with Crippen molar-refractivity contribution in [3.8, 4) is 0 Å². The Balaban J connectivity index is 1.59. The van der Waals surface area contributed by atoms with Crippen LogP contribution in [0.3, 0.4) is 0 Å². The molecule has 0 aromatic rings. The third-order valence-corrected chi connectivity index (χ3v) is 4.97. The summed E-state index contributed by atoms with van der Waals surface area (Å²) in [6.07, 6.45) is 10.1. The van der Waals surface area contributed by atoms with Crippen molar-refractivity contribution in [1.82, 2.24) is 0 Å². The molecule has 2 nitrogen and oxygen atoms in total. The van der Waals surface area contributed by atoms with Crippen molar-refractivity contribution in [2.75, 3.05) is 6.61 Å². The Morgan fingerprint density at radius 3 is 2.78 bits per heavy atom. The lowest BCUT2D eigenvalue weighted by Crippen LogP contribution is -2.36. The highest BCUT2D eigenvalue weighted by molar-refractivity contribution is 5.88. The first-order valence-corrected chi connectivity index (χ1v) is 7.90. The molecule has 2 fully saturated rings. The van der Waals surface area contributed by atoms with E-state index in [-0.39, 0.29) is 0 Å². The molecule has 0 amide bonds. The quantitative estimate of drug-likeness (QED) is 0.611. The van der Waals surface area contributed by atoms with Crippen molar-refractivity contribution in [2.24, 2.45) is 17.8 Å². The average molecular weight is 252 g/mol. The van der Waals surface area contributed by atoms with Gasteiger partial charge in [0, 0.05) is 18.9 Å². The maximum Gasteiger partial charge on any atom is 0.136 e. The second kappa shape index (κ2) is 6.70. The number of hydrogen-bond donors (Lipinski definition) is 0. The highest BCUT2D eigenvalue weighted by atomic mass is 16.5. The highest BCUT2D eigenvalue weighted by Gasteiger charge is 2.48. The molecule has 0 heterocycles. The molecule has 104 valence electrons. The van der Waals surface area contributed by atoms with Gasteiger partial charge < -0.3 is 4.74 Å². The normalized spacial score (nSPS) is 32.1. The molecule has 2 aliphatic rings. The predicted octanol–water partition coefficient (Wildman–Crippen LogP) is 3.98. The minimum Gasteiger partial charge on any atom is -0.379 e. The molecule has 0 N–H and O–H groups in total. The second-order valence-electron chi connectivity index (χ2n) is 6.06. The predicted molar refractivity (Wildman–Crippen MR) is 73.5 cm³/mol.